The van der Waals surface area contributed by atoms with E-state index in [2.05, 4.69) is 10.0 Å². The number of rotatable bonds is 12. The van der Waals surface area contributed by atoms with Crippen molar-refractivity contribution in [3.05, 3.63) is 41.7 Å². The van der Waals surface area contributed by atoms with Crippen molar-refractivity contribution in [2.45, 2.75) is 19.3 Å². The van der Waals surface area contributed by atoms with Gasteiger partial charge in [0.15, 0.2) is 11.6 Å². The van der Waals surface area contributed by atoms with E-state index in [0.717, 1.165) is 6.07 Å². The smallest absolute Gasteiger partial charge is 0.324 e. The lowest BCUT2D eigenvalue weighted by atomic mass is 10.1. The van der Waals surface area contributed by atoms with Crippen molar-refractivity contribution in [1.29, 1.82) is 0 Å². The van der Waals surface area contributed by atoms with E-state index in [-0.39, 0.29) is 49.9 Å². The zero-order valence-electron chi connectivity index (χ0n) is 15.9. The molecule has 0 aromatic heterocycles. The van der Waals surface area contributed by atoms with Crippen molar-refractivity contribution in [2.24, 2.45) is 0 Å². The van der Waals surface area contributed by atoms with Gasteiger partial charge < -0.3 is 9.64 Å². The fraction of sp³-hybridized carbons (Fsp3) is 0.444. The molecular weight excluding hydrogens is 427 g/mol. The summed E-state index contributed by atoms with van der Waals surface area (Å²) in [5, 5.41) is 2.13. The van der Waals surface area contributed by atoms with Gasteiger partial charge in [-0.15, -0.1) is 0 Å². The molecule has 0 radical (unpaired) electrons. The van der Waals surface area contributed by atoms with Crippen molar-refractivity contribution < 1.29 is 35.9 Å². The molecule has 0 saturated carbocycles. The number of carbonyl (C=O) groups excluding carboxylic acids is 2. The lowest BCUT2D eigenvalue weighted by Gasteiger charge is -2.10. The lowest BCUT2D eigenvalue weighted by Crippen LogP contribution is -2.28. The summed E-state index contributed by atoms with van der Waals surface area (Å²) in [6.45, 7) is -0.714. The zero-order valence-corrected chi connectivity index (χ0v) is 16.8. The number of hydrogen-bond acceptors (Lipinski definition) is 5. The monoisotopic (exact) mass is 449 g/mol. The zero-order chi connectivity index (χ0) is 22.1. The average molecular weight is 449 g/mol. The van der Waals surface area contributed by atoms with Crippen LogP contribution in [-0.4, -0.2) is 63.7 Å². The minimum atomic E-state index is -3.56. The first-order valence-electron chi connectivity index (χ1n) is 9.07. The van der Waals surface area contributed by atoms with E-state index in [1.165, 1.54) is 17.0 Å². The van der Waals surface area contributed by atoms with Crippen LogP contribution in [0.4, 0.5) is 18.0 Å². The van der Waals surface area contributed by atoms with Crippen molar-refractivity contribution >= 4 is 22.0 Å². The molecule has 30 heavy (non-hydrogen) atoms. The van der Waals surface area contributed by atoms with Crippen LogP contribution in [0.25, 0.3) is 0 Å². The molecule has 2 rings (SSSR count). The Morgan fingerprint density at radius 2 is 2.03 bits per heavy atom. The fourth-order valence-corrected chi connectivity index (χ4v) is 3.57. The molecule has 166 valence electrons. The van der Waals surface area contributed by atoms with Crippen molar-refractivity contribution in [3.8, 4) is 5.75 Å². The quantitative estimate of drug-likeness (QED) is 0.371. The number of allylic oxidation sites excluding steroid dienone is 1. The summed E-state index contributed by atoms with van der Waals surface area (Å²) in [7, 11) is -3.56. The Balaban J connectivity index is 1.72. The molecule has 0 atom stereocenters. The van der Waals surface area contributed by atoms with E-state index in [4.69, 9.17) is 4.74 Å². The van der Waals surface area contributed by atoms with Crippen LogP contribution in [0.15, 0.2) is 30.4 Å². The van der Waals surface area contributed by atoms with Crippen LogP contribution < -0.4 is 14.8 Å². The van der Waals surface area contributed by atoms with Crippen LogP contribution in [0.2, 0.25) is 0 Å². The Morgan fingerprint density at radius 3 is 2.70 bits per heavy atom. The Morgan fingerprint density at radius 1 is 1.27 bits per heavy atom. The molecule has 12 heteroatoms. The molecule has 1 fully saturated rings. The number of ether oxygens (including phenoxy) is 1. The van der Waals surface area contributed by atoms with Gasteiger partial charge in [-0.25, -0.2) is 31.1 Å². The number of benzene rings is 1. The number of urea groups is 1. The van der Waals surface area contributed by atoms with Crippen molar-refractivity contribution in [1.82, 2.24) is 14.9 Å². The highest BCUT2D eigenvalue weighted by Gasteiger charge is 2.25. The molecule has 2 N–H and O–H groups in total. The molecule has 1 heterocycles. The third-order valence-electron chi connectivity index (χ3n) is 4.01. The van der Waals surface area contributed by atoms with Crippen LogP contribution in [-0.2, 0) is 21.2 Å². The maximum atomic E-state index is 13.5. The van der Waals surface area contributed by atoms with E-state index < -0.39 is 34.9 Å². The first kappa shape index (κ1) is 23.7. The van der Waals surface area contributed by atoms with Gasteiger partial charge in [-0.05, 0) is 30.5 Å². The second kappa shape index (κ2) is 11.0. The Bertz CT molecular complexity index is 893. The summed E-state index contributed by atoms with van der Waals surface area (Å²) in [6.07, 6.45) is 0.901. The minimum absolute atomic E-state index is 0.0265. The summed E-state index contributed by atoms with van der Waals surface area (Å²) in [5.41, 5.74) is 0.529. The van der Waals surface area contributed by atoms with Crippen LogP contribution in [0.5, 0.6) is 5.75 Å². The van der Waals surface area contributed by atoms with Gasteiger partial charge in [0.05, 0.1) is 5.75 Å². The highest BCUT2D eigenvalue weighted by molar-refractivity contribution is 7.89. The fourth-order valence-electron chi connectivity index (χ4n) is 2.56. The number of amides is 3. The first-order valence-corrected chi connectivity index (χ1v) is 10.7. The number of nitrogens with zero attached hydrogens (tertiary/aromatic N) is 1. The highest BCUT2D eigenvalue weighted by Crippen LogP contribution is 2.19. The summed E-state index contributed by atoms with van der Waals surface area (Å²) in [5.74, 6) is -1.65. The third-order valence-corrected chi connectivity index (χ3v) is 5.43. The third kappa shape index (κ3) is 8.03. The molecule has 3 amide bonds. The largest absolute Gasteiger partial charge is 0.485 e. The van der Waals surface area contributed by atoms with E-state index in [1.807, 2.05) is 0 Å². The summed E-state index contributed by atoms with van der Waals surface area (Å²) < 4.78 is 69.0. The molecular formula is C18H22F3N3O5S. The summed E-state index contributed by atoms with van der Waals surface area (Å²) >= 11 is 0. The highest BCUT2D eigenvalue weighted by atomic mass is 32.2. The first-order chi connectivity index (χ1) is 14.2. The Hall–Kier alpha value is -2.60. The Kier molecular flexibility index (Phi) is 8.66. The number of nitrogens with one attached hydrogen (secondary N) is 2. The minimum Gasteiger partial charge on any atom is -0.485 e. The average Bonchev–Trinajstić information content (AvgIpc) is 2.98. The number of sulfonamides is 1. The standard InChI is InChI=1S/C18H22F3N3O5S/c19-14-5-4-13(10-15(14)29-12-16(20)21)6-7-22-30(27,28)9-3-1-2-8-24-11-17(25)23-18(24)26/h1-2,4-5,10,16,22H,3,6-9,11-12H2,(H,23,25,26)/b2-1+. The molecule has 0 bridgehead atoms. The maximum Gasteiger partial charge on any atom is 0.324 e. The SMILES string of the molecule is O=C1CN(C/C=C/CCS(=O)(=O)NCCc2ccc(F)c(OCC(F)F)c2)C(=O)N1. The van der Waals surface area contributed by atoms with Crippen LogP contribution >= 0.6 is 0 Å². The molecule has 8 nitrogen and oxygen atoms in total. The number of hydrogen-bond donors (Lipinski definition) is 2. The van der Waals surface area contributed by atoms with Gasteiger partial charge in [-0.3, -0.25) is 10.1 Å². The maximum absolute atomic E-state index is 13.5. The second-order valence-corrected chi connectivity index (χ2v) is 8.35. The summed E-state index contributed by atoms with van der Waals surface area (Å²) in [6, 6.07) is 3.26. The molecule has 1 aromatic rings. The molecule has 0 unspecified atom stereocenters. The topological polar surface area (TPSA) is 105 Å². The lowest BCUT2D eigenvalue weighted by molar-refractivity contribution is -0.118. The van der Waals surface area contributed by atoms with Gasteiger partial charge in [-0.1, -0.05) is 18.2 Å². The van der Waals surface area contributed by atoms with Gasteiger partial charge in [0.25, 0.3) is 6.43 Å². The predicted octanol–water partition coefficient (Wildman–Crippen LogP) is 1.43. The second-order valence-electron chi connectivity index (χ2n) is 6.42. The van der Waals surface area contributed by atoms with Crippen LogP contribution in [0.3, 0.4) is 0 Å². The molecule has 1 aromatic carbocycles. The number of halogens is 3. The molecule has 1 saturated heterocycles. The van der Waals surface area contributed by atoms with E-state index in [9.17, 15) is 31.2 Å². The van der Waals surface area contributed by atoms with Gasteiger partial charge >= 0.3 is 6.03 Å². The van der Waals surface area contributed by atoms with Gasteiger partial charge in [0, 0.05) is 13.1 Å². The predicted molar refractivity (Wildman–Crippen MR) is 102 cm³/mol. The molecule has 0 aliphatic carbocycles. The number of alkyl halides is 2. The van der Waals surface area contributed by atoms with Crippen LogP contribution in [0.1, 0.15) is 12.0 Å². The molecule has 1 aliphatic rings. The molecule has 1 aliphatic heterocycles. The van der Waals surface area contributed by atoms with Gasteiger partial charge in [0.2, 0.25) is 15.9 Å². The van der Waals surface area contributed by atoms with E-state index >= 15 is 0 Å². The van der Waals surface area contributed by atoms with Crippen molar-refractivity contribution in [2.75, 3.05) is 32.0 Å². The normalized spacial score (nSPS) is 14.7. The number of carbonyl (C=O) groups is 2. The summed E-state index contributed by atoms with van der Waals surface area (Å²) in [4.78, 5) is 23.7. The van der Waals surface area contributed by atoms with E-state index in [1.54, 1.807) is 12.2 Å². The van der Waals surface area contributed by atoms with Crippen LogP contribution in [0, 0.1) is 5.82 Å². The molecule has 0 spiro atoms. The van der Waals surface area contributed by atoms with Gasteiger partial charge in [-0.2, -0.15) is 0 Å². The Labute approximate surface area is 172 Å². The van der Waals surface area contributed by atoms with Gasteiger partial charge in [0.1, 0.15) is 13.2 Å². The van der Waals surface area contributed by atoms with Crippen molar-refractivity contribution in [3.63, 3.8) is 0 Å². The van der Waals surface area contributed by atoms with E-state index in [0.29, 0.717) is 5.56 Å². The number of imide groups is 1.